The van der Waals surface area contributed by atoms with Gasteiger partial charge in [0.2, 0.25) is 5.82 Å². The smallest absolute Gasteiger partial charge is 0.232 e. The van der Waals surface area contributed by atoms with Gasteiger partial charge in [0, 0.05) is 23.5 Å². The van der Waals surface area contributed by atoms with Crippen molar-refractivity contribution in [1.29, 1.82) is 5.26 Å². The van der Waals surface area contributed by atoms with E-state index in [1.54, 1.807) is 12.4 Å². The number of hydrogen-bond acceptors (Lipinski definition) is 5. The van der Waals surface area contributed by atoms with E-state index in [0.29, 0.717) is 6.61 Å². The highest BCUT2D eigenvalue weighted by Gasteiger charge is 2.23. The predicted molar refractivity (Wildman–Crippen MR) is 72.2 cm³/mol. The number of hydrogen-bond donors (Lipinski definition) is 0. The van der Waals surface area contributed by atoms with Gasteiger partial charge in [0.05, 0.1) is 6.61 Å². The quantitative estimate of drug-likeness (QED) is 0.793. The predicted octanol–water partition coefficient (Wildman–Crippen LogP) is 2.10. The molecule has 2 heterocycles. The molecule has 3 rings (SSSR count). The molecule has 1 aliphatic heterocycles. The van der Waals surface area contributed by atoms with Crippen molar-refractivity contribution < 1.29 is 9.47 Å². The Morgan fingerprint density at radius 3 is 2.80 bits per heavy atom. The first kappa shape index (κ1) is 12.6. The maximum atomic E-state index is 8.73. The Kier molecular flexibility index (Phi) is 3.32. The number of benzene rings is 1. The molecule has 0 aliphatic carbocycles. The van der Waals surface area contributed by atoms with Crippen molar-refractivity contribution in [2.45, 2.75) is 13.0 Å². The highest BCUT2D eigenvalue weighted by molar-refractivity contribution is 5.69. The minimum atomic E-state index is 0.162. The molecule has 0 radical (unpaired) electrons. The van der Waals surface area contributed by atoms with Gasteiger partial charge in [-0.2, -0.15) is 5.26 Å². The molecule has 0 unspecified atom stereocenters. The first-order valence-electron chi connectivity index (χ1n) is 6.34. The molecule has 0 amide bonds. The molecule has 1 aliphatic rings. The van der Waals surface area contributed by atoms with E-state index in [-0.39, 0.29) is 11.9 Å². The van der Waals surface area contributed by atoms with Gasteiger partial charge in [0.25, 0.3) is 0 Å². The number of aromatic nitrogens is 2. The maximum absolute atomic E-state index is 8.73. The Bertz CT molecular complexity index is 658. The summed E-state index contributed by atoms with van der Waals surface area (Å²) in [5, 5.41) is 8.73. The fourth-order valence-corrected chi connectivity index (χ4v) is 1.86. The summed E-state index contributed by atoms with van der Waals surface area (Å²) in [6.07, 6.45) is 3.48. The monoisotopic (exact) mass is 267 g/mol. The van der Waals surface area contributed by atoms with Crippen LogP contribution in [0.15, 0.2) is 30.6 Å². The fourth-order valence-electron chi connectivity index (χ4n) is 1.86. The molecule has 100 valence electrons. The molecule has 1 atom stereocenters. The summed E-state index contributed by atoms with van der Waals surface area (Å²) in [7, 11) is 0. The van der Waals surface area contributed by atoms with Crippen molar-refractivity contribution in [2.24, 2.45) is 0 Å². The van der Waals surface area contributed by atoms with E-state index in [1.807, 2.05) is 31.2 Å². The lowest BCUT2D eigenvalue weighted by atomic mass is 10.1. The van der Waals surface area contributed by atoms with E-state index in [0.717, 1.165) is 29.0 Å². The summed E-state index contributed by atoms with van der Waals surface area (Å²) in [6, 6.07) is 7.87. The van der Waals surface area contributed by atoms with Crippen molar-refractivity contribution in [1.82, 2.24) is 9.97 Å². The van der Waals surface area contributed by atoms with Crippen molar-refractivity contribution in [3.8, 4) is 22.9 Å². The topological polar surface area (TPSA) is 71.3 Å². The Morgan fingerprint density at radius 1 is 1.40 bits per heavy atom. The molecular formula is C15H13N3O2. The van der Waals surface area contributed by atoms with E-state index in [2.05, 4.69) is 9.97 Å². The average molecular weight is 267 g/mol. The van der Waals surface area contributed by atoms with Crippen LogP contribution in [0.5, 0.6) is 5.75 Å². The largest absolute Gasteiger partial charge is 0.490 e. The molecule has 0 N–H and O–H groups in total. The van der Waals surface area contributed by atoms with Crippen LogP contribution in [-0.4, -0.2) is 29.3 Å². The first-order chi connectivity index (χ1) is 9.76. The lowest BCUT2D eigenvalue weighted by Crippen LogP contribution is -2.05. The third kappa shape index (κ3) is 2.76. The molecule has 0 saturated carbocycles. The summed E-state index contributed by atoms with van der Waals surface area (Å²) in [5.41, 5.74) is 2.87. The van der Waals surface area contributed by atoms with Crippen LogP contribution < -0.4 is 4.74 Å². The normalized spacial score (nSPS) is 16.5. The number of rotatable bonds is 4. The Labute approximate surface area is 116 Å². The lowest BCUT2D eigenvalue weighted by molar-refractivity contribution is 0.264. The standard InChI is InChI=1S/C15H13N3O2/c1-10-2-3-13(11-6-17-15(5-16)18-7-11)14(4-10)20-9-12-8-19-12/h2-4,6-7,12H,8-9H2,1H3/t12-/m0/s1. The number of epoxide rings is 1. The maximum Gasteiger partial charge on any atom is 0.232 e. The summed E-state index contributed by atoms with van der Waals surface area (Å²) < 4.78 is 11.0. The van der Waals surface area contributed by atoms with Gasteiger partial charge in [-0.15, -0.1) is 0 Å². The Balaban J connectivity index is 1.91. The number of ether oxygens (including phenoxy) is 2. The lowest BCUT2D eigenvalue weighted by Gasteiger charge is -2.11. The minimum Gasteiger partial charge on any atom is -0.490 e. The number of aryl methyl sites for hydroxylation is 1. The second-order valence-corrected chi connectivity index (χ2v) is 4.67. The van der Waals surface area contributed by atoms with Crippen molar-refractivity contribution in [3.05, 3.63) is 42.0 Å². The second-order valence-electron chi connectivity index (χ2n) is 4.67. The SMILES string of the molecule is Cc1ccc(-c2cnc(C#N)nc2)c(OC[C@@H]2CO2)c1. The van der Waals surface area contributed by atoms with E-state index >= 15 is 0 Å². The molecule has 20 heavy (non-hydrogen) atoms. The molecule has 1 aromatic heterocycles. The summed E-state index contributed by atoms with van der Waals surface area (Å²) in [4.78, 5) is 7.98. The number of nitrogens with zero attached hydrogens (tertiary/aromatic N) is 3. The average Bonchev–Trinajstić information content (AvgIpc) is 3.30. The molecule has 2 aromatic rings. The van der Waals surface area contributed by atoms with Gasteiger partial charge >= 0.3 is 0 Å². The van der Waals surface area contributed by atoms with Crippen LogP contribution in [0, 0.1) is 18.3 Å². The van der Waals surface area contributed by atoms with Crippen molar-refractivity contribution in [2.75, 3.05) is 13.2 Å². The van der Waals surface area contributed by atoms with E-state index in [9.17, 15) is 0 Å². The van der Waals surface area contributed by atoms with Gasteiger partial charge in [-0.25, -0.2) is 9.97 Å². The summed E-state index contributed by atoms with van der Waals surface area (Å²) in [6.45, 7) is 3.33. The third-order valence-electron chi connectivity index (χ3n) is 3.03. The molecule has 5 nitrogen and oxygen atoms in total. The highest BCUT2D eigenvalue weighted by atomic mass is 16.6. The zero-order valence-corrected chi connectivity index (χ0v) is 11.0. The molecule has 1 aromatic carbocycles. The molecule has 0 spiro atoms. The van der Waals surface area contributed by atoms with Gasteiger partial charge in [0.1, 0.15) is 24.5 Å². The third-order valence-corrected chi connectivity index (χ3v) is 3.03. The van der Waals surface area contributed by atoms with Gasteiger partial charge in [0.15, 0.2) is 0 Å². The van der Waals surface area contributed by atoms with Crippen LogP contribution in [0.1, 0.15) is 11.4 Å². The van der Waals surface area contributed by atoms with Crippen LogP contribution in [-0.2, 0) is 4.74 Å². The van der Waals surface area contributed by atoms with E-state index in [4.69, 9.17) is 14.7 Å². The highest BCUT2D eigenvalue weighted by Crippen LogP contribution is 2.30. The van der Waals surface area contributed by atoms with E-state index in [1.165, 1.54) is 0 Å². The van der Waals surface area contributed by atoms with Gasteiger partial charge in [-0.05, 0) is 18.6 Å². The molecule has 1 fully saturated rings. The molecule has 0 bridgehead atoms. The summed E-state index contributed by atoms with van der Waals surface area (Å²) in [5.74, 6) is 0.948. The minimum absolute atomic E-state index is 0.162. The Morgan fingerprint density at radius 2 is 2.15 bits per heavy atom. The van der Waals surface area contributed by atoms with Crippen LogP contribution in [0.4, 0.5) is 0 Å². The van der Waals surface area contributed by atoms with Crippen LogP contribution in [0.2, 0.25) is 0 Å². The molecule has 1 saturated heterocycles. The Hall–Kier alpha value is -2.45. The fraction of sp³-hybridized carbons (Fsp3) is 0.267. The second kappa shape index (κ2) is 5.27. The van der Waals surface area contributed by atoms with Crippen LogP contribution in [0.3, 0.4) is 0 Å². The van der Waals surface area contributed by atoms with Gasteiger partial charge in [-0.1, -0.05) is 12.1 Å². The zero-order valence-electron chi connectivity index (χ0n) is 11.0. The van der Waals surface area contributed by atoms with Gasteiger partial charge in [-0.3, -0.25) is 0 Å². The zero-order chi connectivity index (χ0) is 13.9. The molecule has 5 heteroatoms. The first-order valence-corrected chi connectivity index (χ1v) is 6.34. The van der Waals surface area contributed by atoms with Crippen molar-refractivity contribution >= 4 is 0 Å². The van der Waals surface area contributed by atoms with Crippen LogP contribution >= 0.6 is 0 Å². The number of nitriles is 1. The van der Waals surface area contributed by atoms with Gasteiger partial charge < -0.3 is 9.47 Å². The van der Waals surface area contributed by atoms with Crippen molar-refractivity contribution in [3.63, 3.8) is 0 Å². The van der Waals surface area contributed by atoms with Crippen LogP contribution in [0.25, 0.3) is 11.1 Å². The summed E-state index contributed by atoms with van der Waals surface area (Å²) >= 11 is 0. The molecular weight excluding hydrogens is 254 g/mol. The van der Waals surface area contributed by atoms with E-state index < -0.39 is 0 Å².